The van der Waals surface area contributed by atoms with Crippen LogP contribution in [-0.4, -0.2) is 52.3 Å². The van der Waals surface area contributed by atoms with E-state index in [0.717, 1.165) is 41.3 Å². The second kappa shape index (κ2) is 11.6. The molecule has 1 fully saturated rings. The van der Waals surface area contributed by atoms with Crippen LogP contribution in [0.15, 0.2) is 48.5 Å². The minimum atomic E-state index is -1.39. The van der Waals surface area contributed by atoms with Gasteiger partial charge in [-0.2, -0.15) is 0 Å². The van der Waals surface area contributed by atoms with E-state index in [0.29, 0.717) is 23.6 Å². The Morgan fingerprint density at radius 1 is 1.11 bits per heavy atom. The number of fused-ring (bicyclic) bond motifs is 1. The van der Waals surface area contributed by atoms with Gasteiger partial charge in [-0.1, -0.05) is 45.0 Å². The first kappa shape index (κ1) is 27.6. The van der Waals surface area contributed by atoms with Crippen LogP contribution in [0.5, 0.6) is 0 Å². The zero-order valence-corrected chi connectivity index (χ0v) is 23.1. The third-order valence-electron chi connectivity index (χ3n) is 7.88. The summed E-state index contributed by atoms with van der Waals surface area (Å²) >= 11 is 0. The Bertz CT molecular complexity index is 1250. The normalized spacial score (nSPS) is 18.7. The monoisotopic (exact) mass is 520 g/mol. The van der Waals surface area contributed by atoms with Gasteiger partial charge in [0.2, 0.25) is 5.95 Å². The highest BCUT2D eigenvalue weighted by atomic mass is 16.5. The van der Waals surface area contributed by atoms with Crippen molar-refractivity contribution in [1.29, 1.82) is 0 Å². The fraction of sp³-hybridized carbons (Fsp3) is 0.500. The molecule has 0 spiro atoms. The van der Waals surface area contributed by atoms with Crippen molar-refractivity contribution in [2.45, 2.75) is 65.1 Å². The summed E-state index contributed by atoms with van der Waals surface area (Å²) in [7, 11) is 3.27. The fourth-order valence-electron chi connectivity index (χ4n) is 5.48. The van der Waals surface area contributed by atoms with Crippen molar-refractivity contribution >= 4 is 28.9 Å². The Labute approximate surface area is 225 Å². The van der Waals surface area contributed by atoms with Crippen molar-refractivity contribution in [3.63, 3.8) is 0 Å². The maximum Gasteiger partial charge on any atom is 0.336 e. The first-order valence-electron chi connectivity index (χ1n) is 13.4. The van der Waals surface area contributed by atoms with Crippen molar-refractivity contribution in [2.75, 3.05) is 18.6 Å². The molecule has 38 heavy (non-hydrogen) atoms. The molecule has 204 valence electrons. The SMILES string of the molecule is COC(=O)[C@H](O)CNC(=O)c1ccc(CN(c2nc3ccccc3n2C)C2CCC(C(C)(C)C)CC2)cc1. The minimum Gasteiger partial charge on any atom is -0.467 e. The molecule has 8 heteroatoms. The van der Waals surface area contributed by atoms with E-state index in [1.165, 1.54) is 20.0 Å². The van der Waals surface area contributed by atoms with E-state index in [4.69, 9.17) is 4.98 Å². The number of aryl methyl sites for hydroxylation is 1. The molecule has 3 aromatic rings. The molecule has 0 bridgehead atoms. The van der Waals surface area contributed by atoms with Crippen LogP contribution in [0.1, 0.15) is 62.4 Å². The summed E-state index contributed by atoms with van der Waals surface area (Å²) in [5, 5.41) is 12.3. The van der Waals surface area contributed by atoms with E-state index in [1.54, 1.807) is 12.1 Å². The maximum absolute atomic E-state index is 12.5. The number of amides is 1. The number of rotatable bonds is 8. The van der Waals surface area contributed by atoms with E-state index in [1.807, 2.05) is 24.3 Å². The number of nitrogens with one attached hydrogen (secondary N) is 1. The van der Waals surface area contributed by atoms with Gasteiger partial charge in [-0.15, -0.1) is 0 Å². The second-order valence-corrected chi connectivity index (χ2v) is 11.4. The molecular formula is C30H40N4O4. The lowest BCUT2D eigenvalue weighted by atomic mass is 9.71. The number of methoxy groups -OCH3 is 1. The summed E-state index contributed by atoms with van der Waals surface area (Å²) in [6.07, 6.45) is 3.25. The summed E-state index contributed by atoms with van der Waals surface area (Å²) in [6, 6.07) is 16.1. The Morgan fingerprint density at radius 2 is 1.76 bits per heavy atom. The molecule has 8 nitrogen and oxygen atoms in total. The number of esters is 1. The predicted molar refractivity (Wildman–Crippen MR) is 149 cm³/mol. The summed E-state index contributed by atoms with van der Waals surface area (Å²) in [6.45, 7) is 7.51. The number of benzene rings is 2. The number of aliphatic hydroxyl groups is 1. The summed E-state index contributed by atoms with van der Waals surface area (Å²) < 4.78 is 6.67. The van der Waals surface area contributed by atoms with Gasteiger partial charge in [0.1, 0.15) is 0 Å². The number of nitrogens with zero attached hydrogens (tertiary/aromatic N) is 3. The second-order valence-electron chi connectivity index (χ2n) is 11.4. The number of ether oxygens (including phenoxy) is 1. The maximum atomic E-state index is 12.5. The number of carbonyl (C=O) groups is 2. The molecule has 2 N–H and O–H groups in total. The number of aliphatic hydroxyl groups excluding tert-OH is 1. The lowest BCUT2D eigenvalue weighted by molar-refractivity contribution is -0.149. The van der Waals surface area contributed by atoms with E-state index in [9.17, 15) is 14.7 Å². The highest BCUT2D eigenvalue weighted by molar-refractivity contribution is 5.94. The molecule has 1 aromatic heterocycles. The van der Waals surface area contributed by atoms with Gasteiger partial charge < -0.3 is 24.6 Å². The molecule has 4 rings (SSSR count). The highest BCUT2D eigenvalue weighted by Crippen LogP contribution is 2.40. The topological polar surface area (TPSA) is 96.7 Å². The number of imidazole rings is 1. The van der Waals surface area contributed by atoms with Crippen LogP contribution in [0.4, 0.5) is 5.95 Å². The first-order valence-corrected chi connectivity index (χ1v) is 13.4. The van der Waals surface area contributed by atoms with E-state index in [2.05, 4.69) is 59.5 Å². The molecule has 0 aliphatic heterocycles. The Kier molecular flexibility index (Phi) is 8.41. The zero-order valence-electron chi connectivity index (χ0n) is 23.1. The predicted octanol–water partition coefficient (Wildman–Crippen LogP) is 4.45. The largest absolute Gasteiger partial charge is 0.467 e. The van der Waals surface area contributed by atoms with Crippen LogP contribution in [0.3, 0.4) is 0 Å². The smallest absolute Gasteiger partial charge is 0.336 e. The van der Waals surface area contributed by atoms with Crippen molar-refractivity contribution < 1.29 is 19.4 Å². The molecule has 1 aliphatic rings. The average molecular weight is 521 g/mol. The quantitative estimate of drug-likeness (QED) is 0.426. The van der Waals surface area contributed by atoms with Crippen molar-refractivity contribution in [3.05, 3.63) is 59.7 Å². The average Bonchev–Trinajstić information content (AvgIpc) is 3.25. The summed E-state index contributed by atoms with van der Waals surface area (Å²) in [5.74, 6) is 0.548. The number of carbonyl (C=O) groups excluding carboxylic acids is 2. The van der Waals surface area contributed by atoms with Gasteiger partial charge >= 0.3 is 5.97 Å². The molecule has 0 radical (unpaired) electrons. The van der Waals surface area contributed by atoms with Crippen LogP contribution in [0.2, 0.25) is 0 Å². The van der Waals surface area contributed by atoms with Crippen LogP contribution in [0, 0.1) is 11.3 Å². The van der Waals surface area contributed by atoms with Crippen LogP contribution < -0.4 is 10.2 Å². The Balaban J connectivity index is 1.52. The molecular weight excluding hydrogens is 480 g/mol. The van der Waals surface area contributed by atoms with Crippen molar-refractivity contribution in [3.8, 4) is 0 Å². The highest BCUT2D eigenvalue weighted by Gasteiger charge is 2.33. The fourth-order valence-corrected chi connectivity index (χ4v) is 5.48. The zero-order chi connectivity index (χ0) is 27.4. The van der Waals surface area contributed by atoms with E-state index < -0.39 is 12.1 Å². The Morgan fingerprint density at radius 3 is 2.37 bits per heavy atom. The number of hydrogen-bond donors (Lipinski definition) is 2. The number of aromatic nitrogens is 2. The van der Waals surface area contributed by atoms with Crippen molar-refractivity contribution in [1.82, 2.24) is 14.9 Å². The van der Waals surface area contributed by atoms with Crippen LogP contribution >= 0.6 is 0 Å². The standard InChI is InChI=1S/C30H40N4O4/c1-30(2,3)22-14-16-23(17-15-22)34(29-32-24-8-6-7-9-25(24)33(29)4)19-20-10-12-21(13-11-20)27(36)31-18-26(35)28(37)38-5/h6-13,22-23,26,35H,14-19H2,1-5H3,(H,31,36)/t22?,23?,26-/m1/s1. The first-order chi connectivity index (χ1) is 18.1. The van der Waals surface area contributed by atoms with Gasteiger partial charge in [-0.3, -0.25) is 4.79 Å². The van der Waals surface area contributed by atoms with E-state index >= 15 is 0 Å². The lowest BCUT2D eigenvalue weighted by Gasteiger charge is -2.41. The number of para-hydroxylation sites is 2. The molecule has 0 saturated heterocycles. The van der Waals surface area contributed by atoms with Gasteiger partial charge in [-0.25, -0.2) is 9.78 Å². The summed E-state index contributed by atoms with van der Waals surface area (Å²) in [5.41, 5.74) is 3.96. The third kappa shape index (κ3) is 6.18. The molecule has 0 unspecified atom stereocenters. The van der Waals surface area contributed by atoms with Gasteiger partial charge in [0.25, 0.3) is 5.91 Å². The molecule has 1 saturated carbocycles. The minimum absolute atomic E-state index is 0.203. The Hall–Kier alpha value is -3.39. The molecule has 2 aromatic carbocycles. The van der Waals surface area contributed by atoms with Crippen molar-refractivity contribution in [2.24, 2.45) is 18.4 Å². The molecule has 1 aliphatic carbocycles. The number of hydrogen-bond acceptors (Lipinski definition) is 6. The van der Waals surface area contributed by atoms with Gasteiger partial charge in [0.15, 0.2) is 6.10 Å². The molecule has 1 amide bonds. The summed E-state index contributed by atoms with van der Waals surface area (Å²) in [4.78, 5) is 31.3. The third-order valence-corrected chi connectivity index (χ3v) is 7.88. The van der Waals surface area contributed by atoms with Gasteiger partial charge in [-0.05, 0) is 66.8 Å². The molecule has 1 atom stereocenters. The van der Waals surface area contributed by atoms with E-state index in [-0.39, 0.29) is 12.5 Å². The van der Waals surface area contributed by atoms with Gasteiger partial charge in [0.05, 0.1) is 24.7 Å². The molecule has 1 heterocycles. The van der Waals surface area contributed by atoms with Crippen LogP contribution in [-0.2, 0) is 23.1 Å². The lowest BCUT2D eigenvalue weighted by Crippen LogP contribution is -2.41. The van der Waals surface area contributed by atoms with Crippen LogP contribution in [0.25, 0.3) is 11.0 Å². The number of anilines is 1. The van der Waals surface area contributed by atoms with Gasteiger partial charge in [0, 0.05) is 25.2 Å².